The number of nitrogens with one attached hydrogen (secondary N) is 2. The summed E-state index contributed by atoms with van der Waals surface area (Å²) in [7, 11) is 1.58. The van der Waals surface area contributed by atoms with Gasteiger partial charge < -0.3 is 15.2 Å². The summed E-state index contributed by atoms with van der Waals surface area (Å²) < 4.78 is 1.34. The molecule has 2 aromatic heterocycles. The quantitative estimate of drug-likeness (QED) is 0.822. The van der Waals surface area contributed by atoms with Crippen LogP contribution in [-0.2, 0) is 16.6 Å². The smallest absolute Gasteiger partial charge is 0.313 e. The SMILES string of the molecule is CC[C@@H](NC(=O)C(=O)Nc1c(C)ccn(C)c1=O)c1nc(C)cs1. The van der Waals surface area contributed by atoms with Crippen molar-refractivity contribution in [2.75, 3.05) is 5.32 Å². The Labute approximate surface area is 143 Å². The fraction of sp³-hybridized carbons (Fsp3) is 0.375. The summed E-state index contributed by atoms with van der Waals surface area (Å²) in [6, 6.07) is 1.36. The molecule has 0 saturated heterocycles. The second-order valence-electron chi connectivity index (χ2n) is 5.51. The highest BCUT2D eigenvalue weighted by molar-refractivity contribution is 7.09. The van der Waals surface area contributed by atoms with E-state index in [4.69, 9.17) is 0 Å². The van der Waals surface area contributed by atoms with E-state index in [0.29, 0.717) is 12.0 Å². The van der Waals surface area contributed by atoms with Crippen molar-refractivity contribution in [3.8, 4) is 0 Å². The van der Waals surface area contributed by atoms with Crippen molar-refractivity contribution in [2.24, 2.45) is 7.05 Å². The van der Waals surface area contributed by atoms with Crippen molar-refractivity contribution in [3.05, 3.63) is 44.3 Å². The summed E-state index contributed by atoms with van der Waals surface area (Å²) in [5.41, 5.74) is 1.22. The topological polar surface area (TPSA) is 93.1 Å². The van der Waals surface area contributed by atoms with E-state index in [1.165, 1.54) is 15.9 Å². The van der Waals surface area contributed by atoms with Crippen molar-refractivity contribution in [1.29, 1.82) is 0 Å². The van der Waals surface area contributed by atoms with Gasteiger partial charge in [-0.1, -0.05) is 6.92 Å². The van der Waals surface area contributed by atoms with Crippen LogP contribution in [0, 0.1) is 13.8 Å². The van der Waals surface area contributed by atoms with E-state index in [0.717, 1.165) is 10.7 Å². The third-order valence-corrected chi connectivity index (χ3v) is 4.65. The van der Waals surface area contributed by atoms with E-state index in [9.17, 15) is 14.4 Å². The number of hydrogen-bond donors (Lipinski definition) is 2. The molecule has 2 aromatic rings. The van der Waals surface area contributed by atoms with Crippen LogP contribution in [0.5, 0.6) is 0 Å². The van der Waals surface area contributed by atoms with Gasteiger partial charge in [-0.2, -0.15) is 0 Å². The minimum atomic E-state index is -0.867. The van der Waals surface area contributed by atoms with Gasteiger partial charge in [-0.25, -0.2) is 4.98 Å². The Morgan fingerprint density at radius 1 is 1.33 bits per heavy atom. The van der Waals surface area contributed by atoms with E-state index in [2.05, 4.69) is 15.6 Å². The van der Waals surface area contributed by atoms with Crippen molar-refractivity contribution in [2.45, 2.75) is 33.2 Å². The minimum Gasteiger partial charge on any atom is -0.339 e. The van der Waals surface area contributed by atoms with Gasteiger partial charge in [0.1, 0.15) is 10.7 Å². The molecular weight excluding hydrogens is 328 g/mol. The lowest BCUT2D eigenvalue weighted by Gasteiger charge is -2.14. The second-order valence-corrected chi connectivity index (χ2v) is 6.40. The van der Waals surface area contributed by atoms with Gasteiger partial charge in [0, 0.05) is 24.3 Å². The number of rotatable bonds is 4. The molecule has 2 rings (SSSR count). The first-order chi connectivity index (χ1) is 11.3. The third kappa shape index (κ3) is 3.88. The third-order valence-electron chi connectivity index (χ3n) is 3.57. The van der Waals surface area contributed by atoms with Gasteiger partial charge in [-0.15, -0.1) is 11.3 Å². The van der Waals surface area contributed by atoms with Gasteiger partial charge in [0.2, 0.25) is 0 Å². The van der Waals surface area contributed by atoms with E-state index in [-0.39, 0.29) is 17.3 Å². The van der Waals surface area contributed by atoms with Gasteiger partial charge in [0.05, 0.1) is 6.04 Å². The van der Waals surface area contributed by atoms with Crippen LogP contribution in [0.3, 0.4) is 0 Å². The molecule has 0 saturated carbocycles. The predicted octanol–water partition coefficient (Wildman–Crippen LogP) is 1.66. The van der Waals surface area contributed by atoms with E-state index < -0.39 is 11.8 Å². The first-order valence-corrected chi connectivity index (χ1v) is 8.41. The summed E-state index contributed by atoms with van der Waals surface area (Å²) in [5.74, 6) is -1.66. The number of aryl methyl sites for hydroxylation is 3. The Kier molecular flexibility index (Phi) is 5.50. The maximum absolute atomic E-state index is 12.1. The zero-order valence-corrected chi connectivity index (χ0v) is 14.9. The molecule has 0 bridgehead atoms. The zero-order chi connectivity index (χ0) is 17.9. The van der Waals surface area contributed by atoms with Crippen molar-refractivity contribution in [1.82, 2.24) is 14.9 Å². The van der Waals surface area contributed by atoms with Crippen molar-refractivity contribution in [3.63, 3.8) is 0 Å². The highest BCUT2D eigenvalue weighted by atomic mass is 32.1. The molecular formula is C16H20N4O3S. The number of carbonyl (C=O) groups excluding carboxylic acids is 2. The molecule has 8 heteroatoms. The number of amides is 2. The molecule has 7 nitrogen and oxygen atoms in total. The molecule has 0 aliphatic heterocycles. The van der Waals surface area contributed by atoms with Gasteiger partial charge in [-0.3, -0.25) is 14.4 Å². The zero-order valence-electron chi connectivity index (χ0n) is 14.0. The molecule has 128 valence electrons. The van der Waals surface area contributed by atoms with Gasteiger partial charge in [0.15, 0.2) is 0 Å². The normalized spacial score (nSPS) is 11.8. The molecule has 0 fully saturated rings. The number of anilines is 1. The Morgan fingerprint density at radius 2 is 2.04 bits per heavy atom. The first kappa shape index (κ1) is 17.9. The summed E-state index contributed by atoms with van der Waals surface area (Å²) in [5, 5.41) is 7.70. The Hall–Kier alpha value is -2.48. The Balaban J connectivity index is 2.11. The molecule has 0 radical (unpaired) electrons. The Morgan fingerprint density at radius 3 is 2.62 bits per heavy atom. The molecule has 1 atom stereocenters. The fourth-order valence-corrected chi connectivity index (χ4v) is 3.07. The molecule has 2 heterocycles. The number of aromatic nitrogens is 2. The number of carbonyl (C=O) groups is 2. The molecule has 24 heavy (non-hydrogen) atoms. The second kappa shape index (κ2) is 7.39. The number of hydrogen-bond acceptors (Lipinski definition) is 5. The first-order valence-electron chi connectivity index (χ1n) is 7.53. The van der Waals surface area contributed by atoms with Gasteiger partial charge in [0.25, 0.3) is 5.56 Å². The van der Waals surface area contributed by atoms with E-state index in [1.54, 1.807) is 26.2 Å². The fourth-order valence-electron chi connectivity index (χ4n) is 2.14. The van der Waals surface area contributed by atoms with Crippen LogP contribution in [-0.4, -0.2) is 21.4 Å². The molecule has 0 spiro atoms. The molecule has 0 aliphatic carbocycles. The predicted molar refractivity (Wildman–Crippen MR) is 93.1 cm³/mol. The lowest BCUT2D eigenvalue weighted by atomic mass is 10.2. The standard InChI is InChI=1S/C16H20N4O3S/c1-5-11(15-17-10(3)8-24-15)18-13(21)14(22)19-12-9(2)6-7-20(4)16(12)23/h6-8,11H,5H2,1-4H3,(H,18,21)(H,19,22)/t11-/m1/s1. The van der Waals surface area contributed by atoms with Crippen LogP contribution in [0.15, 0.2) is 22.4 Å². The van der Waals surface area contributed by atoms with E-state index >= 15 is 0 Å². The molecule has 2 N–H and O–H groups in total. The monoisotopic (exact) mass is 348 g/mol. The average molecular weight is 348 g/mol. The summed E-state index contributed by atoms with van der Waals surface area (Å²) in [4.78, 5) is 40.7. The summed E-state index contributed by atoms with van der Waals surface area (Å²) in [6.07, 6.45) is 2.21. The van der Waals surface area contributed by atoms with Gasteiger partial charge in [-0.05, 0) is 31.9 Å². The summed E-state index contributed by atoms with van der Waals surface area (Å²) in [6.45, 7) is 5.47. The van der Waals surface area contributed by atoms with Crippen LogP contribution < -0.4 is 16.2 Å². The largest absolute Gasteiger partial charge is 0.339 e. The maximum atomic E-state index is 12.1. The molecule has 0 unspecified atom stereocenters. The minimum absolute atomic E-state index is 0.110. The highest BCUT2D eigenvalue weighted by Crippen LogP contribution is 2.20. The van der Waals surface area contributed by atoms with E-state index in [1.807, 2.05) is 19.2 Å². The highest BCUT2D eigenvalue weighted by Gasteiger charge is 2.22. The lowest BCUT2D eigenvalue weighted by molar-refractivity contribution is -0.136. The van der Waals surface area contributed by atoms with Crippen molar-refractivity contribution >= 4 is 28.8 Å². The van der Waals surface area contributed by atoms with Crippen LogP contribution in [0.2, 0.25) is 0 Å². The number of thiazole rings is 1. The number of nitrogens with zero attached hydrogens (tertiary/aromatic N) is 2. The van der Waals surface area contributed by atoms with Crippen LogP contribution in [0.25, 0.3) is 0 Å². The number of pyridine rings is 1. The molecule has 0 aliphatic rings. The molecule has 2 amide bonds. The van der Waals surface area contributed by atoms with Crippen LogP contribution in [0.4, 0.5) is 5.69 Å². The van der Waals surface area contributed by atoms with Crippen LogP contribution >= 0.6 is 11.3 Å². The summed E-state index contributed by atoms with van der Waals surface area (Å²) >= 11 is 1.44. The van der Waals surface area contributed by atoms with Crippen molar-refractivity contribution < 1.29 is 9.59 Å². The maximum Gasteiger partial charge on any atom is 0.313 e. The Bertz CT molecular complexity index is 825. The lowest BCUT2D eigenvalue weighted by Crippen LogP contribution is -2.39. The average Bonchev–Trinajstić information content (AvgIpc) is 2.98. The van der Waals surface area contributed by atoms with Gasteiger partial charge >= 0.3 is 11.8 Å². The van der Waals surface area contributed by atoms with Crippen LogP contribution in [0.1, 0.15) is 35.7 Å². The molecule has 0 aromatic carbocycles.